The zero-order valence-corrected chi connectivity index (χ0v) is 27.4. The Hall–Kier alpha value is -2.53. The van der Waals surface area contributed by atoms with Crippen LogP contribution >= 0.6 is 0 Å². The van der Waals surface area contributed by atoms with Crippen molar-refractivity contribution in [3.63, 3.8) is 0 Å². The maximum absolute atomic E-state index is 12.6. The second kappa shape index (κ2) is 12.3. The van der Waals surface area contributed by atoms with Crippen LogP contribution < -0.4 is 0 Å². The standard InChI is InChI=1S/C33H50O11/c1-18(27-40-16-31(2,3)17-41-27)21-9-10-22-26-23(11-12-32(21,22)4)33(5)19(14-24(26)43-29(35)38-7)13-20(42-28(34)37-6)15-25(33)44-30(36)39-8/h14,18,20-27H,9-13,15-17H2,1-8H3/t18?,20-,21+,22-,23-,24+,25-,26-,32+,33-/m0/s1. The molecule has 0 aromatic rings. The van der Waals surface area contributed by atoms with Gasteiger partial charge in [-0.2, -0.15) is 0 Å². The SMILES string of the molecule is COC(=O)O[C@H]1CC2=C[C@@H](OC(=O)OC)[C@H]3[C@@H]4CC[C@H](C(C)C5OCC(C)(C)CO5)[C@@]4(C)CC[C@@H]3[C@@]2(C)[C@@H](OC(=O)OC)C1. The molecule has 4 fully saturated rings. The lowest BCUT2D eigenvalue weighted by atomic mass is 9.45. The smallest absolute Gasteiger partial charge is 0.438 e. The molecule has 0 amide bonds. The Morgan fingerprint density at radius 1 is 0.841 bits per heavy atom. The van der Waals surface area contributed by atoms with E-state index < -0.39 is 42.2 Å². The molecule has 1 saturated heterocycles. The third-order valence-electron chi connectivity index (χ3n) is 11.8. The monoisotopic (exact) mass is 622 g/mol. The highest BCUT2D eigenvalue weighted by Crippen LogP contribution is 2.68. The molecule has 0 spiro atoms. The molecule has 0 N–H and O–H groups in total. The van der Waals surface area contributed by atoms with Crippen LogP contribution in [0.15, 0.2) is 11.6 Å². The molecule has 0 aromatic heterocycles. The average Bonchev–Trinajstić information content (AvgIpc) is 3.34. The highest BCUT2D eigenvalue weighted by atomic mass is 16.7. The number of ether oxygens (including phenoxy) is 8. The first-order valence-electron chi connectivity index (χ1n) is 16.0. The van der Waals surface area contributed by atoms with Crippen molar-refractivity contribution in [2.24, 2.45) is 45.8 Å². The molecule has 5 rings (SSSR count). The van der Waals surface area contributed by atoms with E-state index in [1.165, 1.54) is 21.3 Å². The zero-order valence-electron chi connectivity index (χ0n) is 27.4. The number of hydrogen-bond acceptors (Lipinski definition) is 11. The summed E-state index contributed by atoms with van der Waals surface area (Å²) in [5.74, 6) is 0.793. The summed E-state index contributed by atoms with van der Waals surface area (Å²) >= 11 is 0. The number of fused-ring (bicyclic) bond motifs is 5. The van der Waals surface area contributed by atoms with Crippen molar-refractivity contribution in [3.05, 3.63) is 11.6 Å². The van der Waals surface area contributed by atoms with Crippen LogP contribution in [0.4, 0.5) is 14.4 Å². The van der Waals surface area contributed by atoms with Crippen molar-refractivity contribution in [3.8, 4) is 0 Å². The topological polar surface area (TPSA) is 125 Å². The third kappa shape index (κ3) is 5.79. The minimum absolute atomic E-state index is 0.000129. The lowest BCUT2D eigenvalue weighted by Crippen LogP contribution is -2.60. The van der Waals surface area contributed by atoms with Crippen LogP contribution in [0.25, 0.3) is 0 Å². The Balaban J connectivity index is 1.49. The molecular weight excluding hydrogens is 572 g/mol. The fourth-order valence-electron chi connectivity index (χ4n) is 9.61. The minimum atomic E-state index is -0.805. The summed E-state index contributed by atoms with van der Waals surface area (Å²) in [6, 6.07) is 0. The van der Waals surface area contributed by atoms with Gasteiger partial charge in [-0.05, 0) is 54.9 Å². The number of rotatable bonds is 5. The van der Waals surface area contributed by atoms with Crippen molar-refractivity contribution in [1.29, 1.82) is 0 Å². The van der Waals surface area contributed by atoms with Crippen molar-refractivity contribution in [2.75, 3.05) is 34.5 Å². The van der Waals surface area contributed by atoms with Gasteiger partial charge in [0.2, 0.25) is 0 Å². The highest BCUT2D eigenvalue weighted by Gasteiger charge is 2.65. The molecule has 1 heterocycles. The van der Waals surface area contributed by atoms with Crippen LogP contribution in [0, 0.1) is 45.8 Å². The van der Waals surface area contributed by atoms with E-state index >= 15 is 0 Å². The van der Waals surface area contributed by atoms with Crippen molar-refractivity contribution in [1.82, 2.24) is 0 Å². The van der Waals surface area contributed by atoms with Gasteiger partial charge in [-0.3, -0.25) is 0 Å². The largest absolute Gasteiger partial charge is 0.508 e. The predicted molar refractivity (Wildman–Crippen MR) is 156 cm³/mol. The van der Waals surface area contributed by atoms with E-state index in [9.17, 15) is 14.4 Å². The number of hydrogen-bond donors (Lipinski definition) is 0. The minimum Gasteiger partial charge on any atom is -0.438 e. The fourth-order valence-corrected chi connectivity index (χ4v) is 9.61. The van der Waals surface area contributed by atoms with Crippen molar-refractivity contribution in [2.45, 2.75) is 97.7 Å². The summed E-state index contributed by atoms with van der Waals surface area (Å²) in [4.78, 5) is 37.2. The summed E-state index contributed by atoms with van der Waals surface area (Å²) in [7, 11) is 3.85. The highest BCUT2D eigenvalue weighted by molar-refractivity contribution is 5.61. The van der Waals surface area contributed by atoms with E-state index in [-0.39, 0.29) is 40.8 Å². The Morgan fingerprint density at radius 3 is 2.09 bits per heavy atom. The van der Waals surface area contributed by atoms with E-state index in [4.69, 9.17) is 37.9 Å². The summed E-state index contributed by atoms with van der Waals surface area (Å²) in [6.45, 7) is 12.4. The quantitative estimate of drug-likeness (QED) is 0.196. The molecule has 10 atom stereocenters. The van der Waals surface area contributed by atoms with E-state index in [0.717, 1.165) is 31.3 Å². The Kier molecular flexibility index (Phi) is 9.22. The summed E-state index contributed by atoms with van der Waals surface area (Å²) in [5.41, 5.74) is 0.306. The van der Waals surface area contributed by atoms with Gasteiger partial charge in [0.25, 0.3) is 0 Å². The van der Waals surface area contributed by atoms with Gasteiger partial charge >= 0.3 is 18.5 Å². The average molecular weight is 623 g/mol. The van der Waals surface area contributed by atoms with E-state index in [2.05, 4.69) is 34.6 Å². The number of carbonyl (C=O) groups excluding carboxylic acids is 3. The van der Waals surface area contributed by atoms with Gasteiger partial charge in [0.15, 0.2) is 6.29 Å². The first-order valence-corrected chi connectivity index (χ1v) is 16.0. The number of carbonyl (C=O) groups is 3. The first kappa shape index (κ1) is 32.9. The molecule has 0 bridgehead atoms. The third-order valence-corrected chi connectivity index (χ3v) is 11.8. The van der Waals surface area contributed by atoms with Gasteiger partial charge in [-0.1, -0.05) is 40.2 Å². The second-order valence-corrected chi connectivity index (χ2v) is 14.7. The van der Waals surface area contributed by atoms with Crippen molar-refractivity contribution < 1.29 is 52.3 Å². The predicted octanol–water partition coefficient (Wildman–Crippen LogP) is 6.28. The van der Waals surface area contributed by atoms with E-state index in [1.54, 1.807) is 0 Å². The molecular formula is C33H50O11. The van der Waals surface area contributed by atoms with Gasteiger partial charge in [0.1, 0.15) is 18.3 Å². The van der Waals surface area contributed by atoms with Gasteiger partial charge in [-0.25, -0.2) is 14.4 Å². The number of methoxy groups -OCH3 is 3. The van der Waals surface area contributed by atoms with E-state index in [0.29, 0.717) is 32.0 Å². The molecule has 11 nitrogen and oxygen atoms in total. The van der Waals surface area contributed by atoms with Crippen LogP contribution in [0.1, 0.15) is 73.1 Å². The zero-order chi connectivity index (χ0) is 32.0. The van der Waals surface area contributed by atoms with Crippen LogP contribution in [0.2, 0.25) is 0 Å². The van der Waals surface area contributed by atoms with Crippen LogP contribution in [-0.4, -0.2) is 77.6 Å². The van der Waals surface area contributed by atoms with Crippen molar-refractivity contribution >= 4 is 18.5 Å². The Labute approximate surface area is 260 Å². The molecule has 5 aliphatic rings. The van der Waals surface area contributed by atoms with E-state index in [1.807, 2.05) is 6.08 Å². The lowest BCUT2D eigenvalue weighted by molar-refractivity contribution is -0.253. The van der Waals surface area contributed by atoms with Crippen LogP contribution in [-0.2, 0) is 37.9 Å². The Morgan fingerprint density at radius 2 is 1.45 bits per heavy atom. The summed E-state index contributed by atoms with van der Waals surface area (Å²) < 4.78 is 44.7. The fraction of sp³-hybridized carbons (Fsp3) is 0.848. The molecule has 1 aliphatic heterocycles. The molecule has 0 radical (unpaired) electrons. The molecule has 4 aliphatic carbocycles. The Bertz CT molecular complexity index is 1120. The van der Waals surface area contributed by atoms with Gasteiger partial charge in [0, 0.05) is 35.5 Å². The van der Waals surface area contributed by atoms with Crippen LogP contribution in [0.3, 0.4) is 0 Å². The molecule has 44 heavy (non-hydrogen) atoms. The first-order chi connectivity index (χ1) is 20.8. The van der Waals surface area contributed by atoms with Gasteiger partial charge in [-0.15, -0.1) is 0 Å². The molecule has 1 unspecified atom stereocenters. The maximum atomic E-state index is 12.6. The molecule has 3 saturated carbocycles. The summed E-state index contributed by atoms with van der Waals surface area (Å²) in [5, 5.41) is 0. The second-order valence-electron chi connectivity index (χ2n) is 14.7. The normalized spacial score (nSPS) is 40.2. The summed E-state index contributed by atoms with van der Waals surface area (Å²) in [6.07, 6.45) is 2.18. The van der Waals surface area contributed by atoms with Gasteiger partial charge < -0.3 is 37.9 Å². The van der Waals surface area contributed by atoms with Gasteiger partial charge in [0.05, 0.1) is 34.5 Å². The molecule has 248 valence electrons. The van der Waals surface area contributed by atoms with Crippen LogP contribution in [0.5, 0.6) is 0 Å². The molecule has 0 aromatic carbocycles. The maximum Gasteiger partial charge on any atom is 0.508 e. The molecule has 11 heteroatoms. The lowest BCUT2D eigenvalue weighted by Gasteiger charge is -2.61.